The quantitative estimate of drug-likeness (QED) is 0.397. The third-order valence-corrected chi connectivity index (χ3v) is 7.78. The lowest BCUT2D eigenvalue weighted by molar-refractivity contribution is 0.0827. The highest BCUT2D eigenvalue weighted by molar-refractivity contribution is 5.93. The third-order valence-electron chi connectivity index (χ3n) is 7.78. The van der Waals surface area contributed by atoms with Crippen molar-refractivity contribution >= 4 is 17.7 Å². The number of anilines is 1. The minimum Gasteiger partial charge on any atom is -0.388 e. The second kappa shape index (κ2) is 14.1. The molecule has 40 heavy (non-hydrogen) atoms. The number of nitrogens with zero attached hydrogens (tertiary/aromatic N) is 4. The fraction of sp³-hybridized carbons (Fsp3) is 0.424. The minimum absolute atomic E-state index is 0.0364. The third kappa shape index (κ3) is 7.07. The van der Waals surface area contributed by atoms with Crippen molar-refractivity contribution in [2.45, 2.75) is 59.4 Å². The van der Waals surface area contributed by atoms with E-state index in [-0.39, 0.29) is 17.5 Å². The molecule has 0 aliphatic carbocycles. The van der Waals surface area contributed by atoms with E-state index in [1.165, 1.54) is 11.1 Å². The molecule has 7 nitrogen and oxygen atoms in total. The molecule has 4 rings (SSSR count). The summed E-state index contributed by atoms with van der Waals surface area (Å²) in [6, 6.07) is 13.8. The Balaban J connectivity index is 0.00000216. The van der Waals surface area contributed by atoms with Gasteiger partial charge in [-0.25, -0.2) is 0 Å². The summed E-state index contributed by atoms with van der Waals surface area (Å²) in [4.78, 5) is 33.7. The molecule has 1 atom stereocenters. The fourth-order valence-corrected chi connectivity index (χ4v) is 5.20. The molecule has 2 aromatic heterocycles. The van der Waals surface area contributed by atoms with E-state index in [1.807, 2.05) is 58.3 Å². The van der Waals surface area contributed by atoms with Crippen LogP contribution in [0.2, 0.25) is 0 Å². The van der Waals surface area contributed by atoms with Gasteiger partial charge in [0.05, 0.1) is 5.69 Å². The molecule has 214 valence electrons. The molecule has 1 aliphatic heterocycles. The Bertz CT molecular complexity index is 1370. The normalized spacial score (nSPS) is 15.2. The molecule has 0 saturated carbocycles. The highest BCUT2D eigenvalue weighted by atomic mass is 16.2. The van der Waals surface area contributed by atoms with Crippen LogP contribution in [-0.4, -0.2) is 65.5 Å². The summed E-state index contributed by atoms with van der Waals surface area (Å²) in [7, 11) is 5.37. The van der Waals surface area contributed by atoms with Crippen LogP contribution in [0.5, 0.6) is 0 Å². The van der Waals surface area contributed by atoms with Crippen LogP contribution in [0, 0.1) is 6.92 Å². The lowest BCUT2D eigenvalue weighted by atomic mass is 9.88. The summed E-state index contributed by atoms with van der Waals surface area (Å²) in [6.45, 7) is 12.4. The van der Waals surface area contributed by atoms with Gasteiger partial charge in [0.2, 0.25) is 0 Å². The molecule has 3 aromatic rings. The van der Waals surface area contributed by atoms with Crippen LogP contribution in [0.15, 0.2) is 65.2 Å². The Labute approximate surface area is 239 Å². The Hall–Kier alpha value is -3.71. The zero-order valence-corrected chi connectivity index (χ0v) is 25.4. The largest absolute Gasteiger partial charge is 0.388 e. The van der Waals surface area contributed by atoms with E-state index in [2.05, 4.69) is 47.3 Å². The summed E-state index contributed by atoms with van der Waals surface area (Å²) in [5.41, 5.74) is 6.70. The summed E-state index contributed by atoms with van der Waals surface area (Å²) in [6.07, 6.45) is 7.93. The van der Waals surface area contributed by atoms with Crippen molar-refractivity contribution in [3.8, 4) is 5.69 Å². The lowest BCUT2D eigenvalue weighted by Gasteiger charge is -2.37. The predicted octanol–water partition coefficient (Wildman–Crippen LogP) is 5.98. The van der Waals surface area contributed by atoms with Crippen LogP contribution >= 0.6 is 0 Å². The highest BCUT2D eigenvalue weighted by Gasteiger charge is 2.25. The number of amides is 1. The molecule has 1 unspecified atom stereocenters. The van der Waals surface area contributed by atoms with Crippen LogP contribution in [0.3, 0.4) is 0 Å². The molecule has 3 heterocycles. The standard InChI is InChI=1S/C31H39N5O2.C2H6/c1-21(19-28-22(2)33-15-11-29(28)36-18-14-27(32-4)20-30(36)37)23(3)35-16-12-25(13-17-35)24-7-9-26(10-8-24)31(38)34(5)6;1-2/h7-11,14-15,18-20,23,25,32H,12-13,16-17H2,1-6H3;1-2H3/b21-19+;. The number of hydrogen-bond donors (Lipinski definition) is 1. The van der Waals surface area contributed by atoms with Gasteiger partial charge in [-0.1, -0.05) is 37.6 Å². The topological polar surface area (TPSA) is 70.5 Å². The van der Waals surface area contributed by atoms with Gasteiger partial charge in [0.15, 0.2) is 0 Å². The van der Waals surface area contributed by atoms with Crippen LogP contribution < -0.4 is 10.9 Å². The SMILES string of the molecule is CC.CNc1ccn(-c2ccnc(C)c2/C=C(\C)C(C)N2CCC(c3ccc(C(=O)N(C)C)cc3)CC2)c(=O)c1. The number of rotatable bonds is 7. The number of likely N-dealkylation sites (tertiary alicyclic amines) is 1. The number of nitrogens with one attached hydrogen (secondary N) is 1. The number of carbonyl (C=O) groups is 1. The van der Waals surface area contributed by atoms with Gasteiger partial charge in [-0.05, 0) is 82.4 Å². The monoisotopic (exact) mass is 543 g/mol. The van der Waals surface area contributed by atoms with E-state index >= 15 is 0 Å². The lowest BCUT2D eigenvalue weighted by Crippen LogP contribution is -2.40. The van der Waals surface area contributed by atoms with E-state index < -0.39 is 0 Å². The number of aromatic nitrogens is 2. The summed E-state index contributed by atoms with van der Waals surface area (Å²) in [5, 5.41) is 3.02. The van der Waals surface area contributed by atoms with Gasteiger partial charge >= 0.3 is 0 Å². The second-order valence-corrected chi connectivity index (χ2v) is 10.4. The number of pyridine rings is 2. The molecule has 1 aliphatic rings. The molecule has 1 N–H and O–H groups in total. The maximum absolute atomic E-state index is 12.8. The Morgan fingerprint density at radius 1 is 1.10 bits per heavy atom. The van der Waals surface area contributed by atoms with Gasteiger partial charge in [0.25, 0.3) is 11.5 Å². The first-order valence-electron chi connectivity index (χ1n) is 14.3. The van der Waals surface area contributed by atoms with Gasteiger partial charge in [-0.2, -0.15) is 0 Å². The van der Waals surface area contributed by atoms with E-state index in [1.54, 1.807) is 35.8 Å². The van der Waals surface area contributed by atoms with Crippen LogP contribution in [-0.2, 0) is 0 Å². The Morgan fingerprint density at radius 2 is 1.75 bits per heavy atom. The highest BCUT2D eigenvalue weighted by Crippen LogP contribution is 2.31. The van der Waals surface area contributed by atoms with Crippen molar-refractivity contribution in [3.63, 3.8) is 0 Å². The smallest absolute Gasteiger partial charge is 0.257 e. The van der Waals surface area contributed by atoms with Crippen molar-refractivity contribution in [2.24, 2.45) is 0 Å². The number of benzene rings is 1. The molecule has 0 spiro atoms. The van der Waals surface area contributed by atoms with Gasteiger partial charge in [-0.15, -0.1) is 0 Å². The summed E-state index contributed by atoms with van der Waals surface area (Å²) in [5.74, 6) is 0.542. The predicted molar refractivity (Wildman–Crippen MR) is 167 cm³/mol. The first-order valence-corrected chi connectivity index (χ1v) is 14.3. The van der Waals surface area contributed by atoms with Crippen molar-refractivity contribution in [2.75, 3.05) is 39.5 Å². The summed E-state index contributed by atoms with van der Waals surface area (Å²) >= 11 is 0. The zero-order chi connectivity index (χ0) is 29.4. The maximum Gasteiger partial charge on any atom is 0.257 e. The van der Waals surface area contributed by atoms with Crippen molar-refractivity contribution in [3.05, 3.63) is 93.2 Å². The minimum atomic E-state index is -0.0796. The van der Waals surface area contributed by atoms with E-state index in [4.69, 9.17) is 0 Å². The molecule has 7 heteroatoms. The fourth-order valence-electron chi connectivity index (χ4n) is 5.20. The van der Waals surface area contributed by atoms with Gasteiger partial charge < -0.3 is 10.2 Å². The zero-order valence-electron chi connectivity index (χ0n) is 25.4. The average Bonchev–Trinajstić information content (AvgIpc) is 2.98. The van der Waals surface area contributed by atoms with Gasteiger partial charge in [-0.3, -0.25) is 24.0 Å². The first-order chi connectivity index (χ1) is 19.2. The van der Waals surface area contributed by atoms with Crippen molar-refractivity contribution < 1.29 is 4.79 Å². The molecular formula is C33H45N5O2. The van der Waals surface area contributed by atoms with E-state index in [0.29, 0.717) is 5.92 Å². The average molecular weight is 544 g/mol. The number of hydrogen-bond acceptors (Lipinski definition) is 5. The Kier molecular flexibility index (Phi) is 10.8. The van der Waals surface area contributed by atoms with E-state index in [0.717, 1.165) is 54.1 Å². The van der Waals surface area contributed by atoms with Gasteiger partial charge in [0.1, 0.15) is 0 Å². The molecule has 1 amide bonds. The molecular weight excluding hydrogens is 498 g/mol. The number of aryl methyl sites for hydroxylation is 1. The molecule has 0 bridgehead atoms. The van der Waals surface area contributed by atoms with E-state index in [9.17, 15) is 9.59 Å². The van der Waals surface area contributed by atoms with Crippen LogP contribution in [0.25, 0.3) is 11.8 Å². The molecule has 1 saturated heterocycles. The van der Waals surface area contributed by atoms with Gasteiger partial charge in [0, 0.05) is 68.2 Å². The Morgan fingerprint density at radius 3 is 2.33 bits per heavy atom. The van der Waals surface area contributed by atoms with Crippen molar-refractivity contribution in [1.82, 2.24) is 19.4 Å². The number of carbonyl (C=O) groups excluding carboxylic acids is 1. The molecule has 1 aromatic carbocycles. The van der Waals surface area contributed by atoms with Crippen molar-refractivity contribution in [1.29, 1.82) is 0 Å². The molecule has 0 radical (unpaired) electrons. The summed E-state index contributed by atoms with van der Waals surface area (Å²) < 4.78 is 1.68. The maximum atomic E-state index is 12.8. The first kappa shape index (κ1) is 30.8. The number of piperidine rings is 1. The second-order valence-electron chi connectivity index (χ2n) is 10.4. The van der Waals surface area contributed by atoms with Crippen LogP contribution in [0.4, 0.5) is 5.69 Å². The van der Waals surface area contributed by atoms with Crippen LogP contribution in [0.1, 0.15) is 73.6 Å². The molecule has 1 fully saturated rings.